The second-order valence-corrected chi connectivity index (χ2v) is 12.1. The molecule has 1 aliphatic carbocycles. The van der Waals surface area contributed by atoms with Gasteiger partial charge in [-0.25, -0.2) is 4.79 Å². The van der Waals surface area contributed by atoms with Crippen LogP contribution in [0.25, 0.3) is 0 Å². The minimum Gasteiger partial charge on any atom is -0.383 e. The number of nitrogens with two attached hydrogens (primary N) is 1. The highest BCUT2D eigenvalue weighted by Crippen LogP contribution is 2.47. The van der Waals surface area contributed by atoms with Crippen molar-refractivity contribution in [3.8, 4) is 5.75 Å². The van der Waals surface area contributed by atoms with E-state index < -0.39 is 16.1 Å². The zero-order chi connectivity index (χ0) is 26.7. The number of amides is 2. The molecule has 7 nitrogen and oxygen atoms in total. The molecule has 2 aliphatic rings. The molecular formula is C30H35N3O4S. The zero-order valence-electron chi connectivity index (χ0n) is 21.7. The minimum absolute atomic E-state index is 0.0352. The topological polar surface area (TPSA) is 92.9 Å². The first-order valence-corrected chi connectivity index (χ1v) is 15.0. The van der Waals surface area contributed by atoms with Crippen molar-refractivity contribution in [3.05, 3.63) is 95.6 Å². The van der Waals surface area contributed by atoms with Crippen LogP contribution >= 0.6 is 0 Å². The summed E-state index contributed by atoms with van der Waals surface area (Å²) in [6.45, 7) is 2.45. The van der Waals surface area contributed by atoms with E-state index in [1.807, 2.05) is 24.3 Å². The maximum atomic E-state index is 12.7. The zero-order valence-corrected chi connectivity index (χ0v) is 22.5. The molecule has 8 heteroatoms. The van der Waals surface area contributed by atoms with Crippen molar-refractivity contribution in [2.24, 2.45) is 11.7 Å². The lowest BCUT2D eigenvalue weighted by atomic mass is 9.90. The Kier molecular flexibility index (Phi) is 7.72. The Morgan fingerprint density at radius 3 is 2.29 bits per heavy atom. The van der Waals surface area contributed by atoms with Gasteiger partial charge in [0.2, 0.25) is 0 Å². The molecule has 1 aliphatic heterocycles. The van der Waals surface area contributed by atoms with Crippen molar-refractivity contribution < 1.29 is 17.4 Å². The highest BCUT2D eigenvalue weighted by Gasteiger charge is 2.45. The number of anilines is 1. The van der Waals surface area contributed by atoms with E-state index in [4.69, 9.17) is 9.92 Å². The van der Waals surface area contributed by atoms with Gasteiger partial charge in [-0.05, 0) is 79.6 Å². The van der Waals surface area contributed by atoms with Gasteiger partial charge in [0.05, 0.1) is 11.9 Å². The Morgan fingerprint density at radius 2 is 1.66 bits per heavy atom. The summed E-state index contributed by atoms with van der Waals surface area (Å²) >= 11 is 0. The number of hydrogen-bond donors (Lipinski definition) is 1. The van der Waals surface area contributed by atoms with Gasteiger partial charge in [0.25, 0.3) is 0 Å². The summed E-state index contributed by atoms with van der Waals surface area (Å²) < 4.78 is 28.8. The van der Waals surface area contributed by atoms with Crippen LogP contribution in [-0.4, -0.2) is 44.7 Å². The Bertz CT molecular complexity index is 1360. The molecule has 0 spiro atoms. The maximum Gasteiger partial charge on any atom is 0.319 e. The summed E-state index contributed by atoms with van der Waals surface area (Å²) in [5.74, 6) is 1.09. The fraction of sp³-hybridized carbons (Fsp3) is 0.367. The average Bonchev–Trinajstić information content (AvgIpc) is 3.67. The molecule has 200 valence electrons. The second kappa shape index (κ2) is 11.2. The summed E-state index contributed by atoms with van der Waals surface area (Å²) in [4.78, 5) is 16.8. The van der Waals surface area contributed by atoms with Crippen LogP contribution in [0.2, 0.25) is 0 Å². The average molecular weight is 534 g/mol. The second-order valence-electron chi connectivity index (χ2n) is 10.5. The lowest BCUT2D eigenvalue weighted by molar-refractivity contribution is 0.177. The maximum absolute atomic E-state index is 12.7. The minimum atomic E-state index is -3.68. The molecule has 38 heavy (non-hydrogen) atoms. The molecule has 2 amide bonds. The number of nitrogens with zero attached hydrogens (tertiary/aromatic N) is 2. The van der Waals surface area contributed by atoms with Crippen molar-refractivity contribution in [2.45, 2.75) is 44.2 Å². The van der Waals surface area contributed by atoms with Crippen molar-refractivity contribution >= 4 is 21.8 Å². The number of urea groups is 1. The summed E-state index contributed by atoms with van der Waals surface area (Å²) in [5, 5.41) is 0. The summed E-state index contributed by atoms with van der Waals surface area (Å²) in [6.07, 6.45) is 5.11. The van der Waals surface area contributed by atoms with Crippen LogP contribution in [0.1, 0.15) is 41.9 Å². The Labute approximate surface area is 225 Å². The van der Waals surface area contributed by atoms with Gasteiger partial charge >= 0.3 is 16.1 Å². The highest BCUT2D eigenvalue weighted by molar-refractivity contribution is 7.86. The molecule has 5 rings (SSSR count). The van der Waals surface area contributed by atoms with Crippen LogP contribution in [0, 0.1) is 5.92 Å². The van der Waals surface area contributed by atoms with Gasteiger partial charge in [-0.2, -0.15) is 8.42 Å². The number of hydrogen-bond acceptors (Lipinski definition) is 5. The van der Waals surface area contributed by atoms with Gasteiger partial charge in [-0.3, -0.25) is 9.80 Å². The molecule has 2 atom stereocenters. The van der Waals surface area contributed by atoms with Crippen molar-refractivity contribution in [3.63, 3.8) is 0 Å². The fourth-order valence-electron chi connectivity index (χ4n) is 5.67. The summed E-state index contributed by atoms with van der Waals surface area (Å²) in [6, 6.07) is 25.3. The molecule has 3 aromatic rings. The van der Waals surface area contributed by atoms with Crippen LogP contribution < -0.4 is 14.8 Å². The first kappa shape index (κ1) is 26.3. The number of carbonyl (C=O) groups is 1. The van der Waals surface area contributed by atoms with E-state index >= 15 is 0 Å². The van der Waals surface area contributed by atoms with Gasteiger partial charge in [-0.1, -0.05) is 60.7 Å². The number of rotatable bonds is 9. The molecule has 0 bridgehead atoms. The van der Waals surface area contributed by atoms with E-state index in [0.717, 1.165) is 50.6 Å². The number of primary amides is 1. The smallest absolute Gasteiger partial charge is 0.319 e. The largest absolute Gasteiger partial charge is 0.383 e. The van der Waals surface area contributed by atoms with Gasteiger partial charge in [0, 0.05) is 18.5 Å². The van der Waals surface area contributed by atoms with E-state index in [-0.39, 0.29) is 17.7 Å². The Hall–Kier alpha value is -3.36. The first-order chi connectivity index (χ1) is 18.3. The van der Waals surface area contributed by atoms with E-state index in [0.29, 0.717) is 18.2 Å². The lowest BCUT2D eigenvalue weighted by Gasteiger charge is -2.33. The molecular weight excluding hydrogens is 498 g/mol. The van der Waals surface area contributed by atoms with Gasteiger partial charge < -0.3 is 9.92 Å². The third kappa shape index (κ3) is 6.55. The van der Waals surface area contributed by atoms with Crippen LogP contribution in [0.3, 0.4) is 0 Å². The molecule has 2 N–H and O–H groups in total. The van der Waals surface area contributed by atoms with Crippen molar-refractivity contribution in [1.29, 1.82) is 0 Å². The van der Waals surface area contributed by atoms with E-state index in [9.17, 15) is 13.2 Å². The van der Waals surface area contributed by atoms with Crippen LogP contribution in [-0.2, 0) is 23.1 Å². The third-order valence-corrected chi connectivity index (χ3v) is 8.08. The summed E-state index contributed by atoms with van der Waals surface area (Å²) in [5.41, 5.74) is 10.0. The molecule has 2 unspecified atom stereocenters. The fourth-order valence-corrected chi connectivity index (χ4v) is 6.13. The lowest BCUT2D eigenvalue weighted by Crippen LogP contribution is -2.40. The third-order valence-electron chi connectivity index (χ3n) is 7.58. The quantitative estimate of drug-likeness (QED) is 0.394. The number of carbonyl (C=O) groups excluding carboxylic acids is 1. The van der Waals surface area contributed by atoms with Crippen LogP contribution in [0.4, 0.5) is 10.5 Å². The molecule has 1 heterocycles. The molecule has 3 aromatic carbocycles. The monoisotopic (exact) mass is 533 g/mol. The van der Waals surface area contributed by atoms with E-state index in [1.165, 1.54) is 11.1 Å². The first-order valence-electron chi connectivity index (χ1n) is 13.2. The predicted molar refractivity (Wildman–Crippen MR) is 150 cm³/mol. The number of piperidine rings is 1. The van der Waals surface area contributed by atoms with Gasteiger partial charge in [-0.15, -0.1) is 0 Å². The molecule has 2 fully saturated rings. The summed E-state index contributed by atoms with van der Waals surface area (Å²) in [7, 11) is -3.68. The molecule has 1 saturated carbocycles. The Balaban J connectivity index is 1.35. The van der Waals surface area contributed by atoms with Crippen molar-refractivity contribution in [2.75, 3.05) is 24.2 Å². The molecule has 0 radical (unpaired) electrons. The van der Waals surface area contributed by atoms with Crippen molar-refractivity contribution in [1.82, 2.24) is 4.90 Å². The number of benzene rings is 3. The van der Waals surface area contributed by atoms with Gasteiger partial charge in [0.1, 0.15) is 5.75 Å². The van der Waals surface area contributed by atoms with Gasteiger partial charge in [0.15, 0.2) is 0 Å². The highest BCUT2D eigenvalue weighted by atomic mass is 32.2. The molecule has 0 aromatic heterocycles. The van der Waals surface area contributed by atoms with E-state index in [1.54, 1.807) is 23.1 Å². The SMILES string of the molecule is CS(=O)(=O)Oc1ccc(N(C(N)=O)C2CC2c2ccccc2)c(CN2CCC(Cc3ccccc3)CC2)c1. The Morgan fingerprint density at radius 1 is 1.00 bits per heavy atom. The predicted octanol–water partition coefficient (Wildman–Crippen LogP) is 4.92. The van der Waals surface area contributed by atoms with Crippen LogP contribution in [0.15, 0.2) is 78.9 Å². The van der Waals surface area contributed by atoms with E-state index in [2.05, 4.69) is 41.3 Å². The normalized spacial score (nSPS) is 20.1. The number of likely N-dealkylation sites (tertiary alicyclic amines) is 1. The molecule has 1 saturated heterocycles. The standard InChI is InChI=1S/C30H35N3O4S/c1-38(35,36)37-26-12-13-28(33(30(31)34)29-20-27(29)24-10-6-3-7-11-24)25(19-26)21-32-16-14-23(15-17-32)18-22-8-4-2-5-9-22/h2-13,19,23,27,29H,14-18,20-21H2,1H3,(H2,31,34). The van der Waals surface area contributed by atoms with Crippen LogP contribution in [0.5, 0.6) is 5.75 Å².